The molecule has 3 aliphatic heterocycles. The maximum Gasteiger partial charge on any atom is 0.0130 e. The van der Waals surface area contributed by atoms with E-state index in [1.165, 1.54) is 45.2 Å². The maximum atomic E-state index is 2.85. The highest BCUT2D eigenvalue weighted by Crippen LogP contribution is 2.42. The predicted molar refractivity (Wildman–Crippen MR) is 85.9 cm³/mol. The van der Waals surface area contributed by atoms with Crippen LogP contribution in [0.1, 0.15) is 66.7 Å². The molecular weight excluding hydrogens is 244 g/mol. The second-order valence-electron chi connectivity index (χ2n) is 8.99. The van der Waals surface area contributed by atoms with Crippen molar-refractivity contribution in [2.45, 2.75) is 90.4 Å². The molecule has 0 saturated carbocycles. The van der Waals surface area contributed by atoms with Gasteiger partial charge in [-0.05, 0) is 64.7 Å². The Hall–Kier alpha value is -0.0800. The Labute approximate surface area is 125 Å². The van der Waals surface area contributed by atoms with E-state index in [1.807, 2.05) is 0 Å². The molecule has 2 heteroatoms. The fraction of sp³-hybridized carbons (Fsp3) is 1.00. The highest BCUT2D eigenvalue weighted by Gasteiger charge is 2.46. The van der Waals surface area contributed by atoms with Gasteiger partial charge in [0, 0.05) is 36.8 Å². The van der Waals surface area contributed by atoms with Gasteiger partial charge in [0.1, 0.15) is 0 Å². The average molecular weight is 278 g/mol. The van der Waals surface area contributed by atoms with Gasteiger partial charge in [-0.1, -0.05) is 13.8 Å². The van der Waals surface area contributed by atoms with Crippen molar-refractivity contribution >= 4 is 0 Å². The van der Waals surface area contributed by atoms with Gasteiger partial charge in [-0.25, -0.2) is 0 Å². The molecule has 2 nitrogen and oxygen atoms in total. The molecule has 3 saturated heterocycles. The topological polar surface area (TPSA) is 6.48 Å². The lowest BCUT2D eigenvalue weighted by Crippen LogP contribution is -2.58. The lowest BCUT2D eigenvalue weighted by atomic mass is 9.86. The highest BCUT2D eigenvalue weighted by atomic mass is 15.3. The van der Waals surface area contributed by atoms with E-state index in [1.54, 1.807) is 0 Å². The van der Waals surface area contributed by atoms with Crippen molar-refractivity contribution < 1.29 is 0 Å². The second kappa shape index (κ2) is 5.28. The van der Waals surface area contributed by atoms with E-state index >= 15 is 0 Å². The Balaban J connectivity index is 1.68. The number of rotatable bonds is 1. The molecule has 0 aliphatic carbocycles. The molecule has 4 atom stereocenters. The molecule has 3 rings (SSSR count). The van der Waals surface area contributed by atoms with Crippen molar-refractivity contribution in [2.24, 2.45) is 11.8 Å². The number of piperidine rings is 2. The zero-order valence-electron chi connectivity index (χ0n) is 14.2. The van der Waals surface area contributed by atoms with Crippen LogP contribution in [0.5, 0.6) is 0 Å². The molecule has 0 spiro atoms. The van der Waals surface area contributed by atoms with Crippen LogP contribution in [0.3, 0.4) is 0 Å². The van der Waals surface area contributed by atoms with Gasteiger partial charge in [-0.15, -0.1) is 0 Å². The summed E-state index contributed by atoms with van der Waals surface area (Å²) in [6.45, 7) is 14.8. The lowest BCUT2D eigenvalue weighted by molar-refractivity contribution is -0.0138. The van der Waals surface area contributed by atoms with Crippen molar-refractivity contribution in [3.05, 3.63) is 0 Å². The van der Waals surface area contributed by atoms with E-state index in [4.69, 9.17) is 0 Å². The molecule has 0 radical (unpaired) electrons. The molecule has 2 bridgehead atoms. The van der Waals surface area contributed by atoms with E-state index in [2.05, 4.69) is 44.4 Å². The van der Waals surface area contributed by atoms with Crippen molar-refractivity contribution in [3.63, 3.8) is 0 Å². The molecule has 116 valence electrons. The van der Waals surface area contributed by atoms with Gasteiger partial charge in [0.25, 0.3) is 0 Å². The molecule has 4 unspecified atom stereocenters. The Morgan fingerprint density at radius 2 is 1.25 bits per heavy atom. The van der Waals surface area contributed by atoms with Crippen LogP contribution in [0, 0.1) is 11.8 Å². The fourth-order valence-corrected chi connectivity index (χ4v) is 5.55. The molecule has 0 aromatic rings. The SMILES string of the molecule is CC1CC(C)CN(C2CC3CCC(C2)N3C(C)(C)C)C1. The minimum absolute atomic E-state index is 0.360. The Bertz CT molecular complexity index is 322. The van der Waals surface area contributed by atoms with Crippen LogP contribution >= 0.6 is 0 Å². The third kappa shape index (κ3) is 2.78. The summed E-state index contributed by atoms with van der Waals surface area (Å²) in [5, 5.41) is 0. The second-order valence-corrected chi connectivity index (χ2v) is 8.99. The molecule has 3 aliphatic rings. The first-order chi connectivity index (χ1) is 9.34. The summed E-state index contributed by atoms with van der Waals surface area (Å²) in [4.78, 5) is 5.70. The molecular formula is C18H34N2. The lowest BCUT2D eigenvalue weighted by Gasteiger charge is -2.50. The zero-order valence-corrected chi connectivity index (χ0v) is 14.2. The quantitative estimate of drug-likeness (QED) is 0.720. The maximum absolute atomic E-state index is 2.85. The average Bonchev–Trinajstić information content (AvgIpc) is 2.60. The Kier molecular flexibility index (Phi) is 3.92. The van der Waals surface area contributed by atoms with Crippen LogP contribution in [0.25, 0.3) is 0 Å². The summed E-state index contributed by atoms with van der Waals surface area (Å²) < 4.78 is 0. The van der Waals surface area contributed by atoms with Crippen molar-refractivity contribution in [1.82, 2.24) is 9.80 Å². The predicted octanol–water partition coefficient (Wildman–Crippen LogP) is 3.76. The highest BCUT2D eigenvalue weighted by molar-refractivity contribution is 5.02. The van der Waals surface area contributed by atoms with Crippen molar-refractivity contribution in [2.75, 3.05) is 13.1 Å². The third-order valence-electron chi connectivity index (χ3n) is 5.90. The third-order valence-corrected chi connectivity index (χ3v) is 5.90. The van der Waals surface area contributed by atoms with E-state index < -0.39 is 0 Å². The number of hydrogen-bond acceptors (Lipinski definition) is 2. The van der Waals surface area contributed by atoms with Crippen molar-refractivity contribution in [3.8, 4) is 0 Å². The molecule has 0 amide bonds. The van der Waals surface area contributed by atoms with Crippen LogP contribution in [0.2, 0.25) is 0 Å². The van der Waals surface area contributed by atoms with Gasteiger partial charge < -0.3 is 0 Å². The minimum Gasteiger partial charge on any atom is -0.300 e. The van der Waals surface area contributed by atoms with Gasteiger partial charge >= 0.3 is 0 Å². The Morgan fingerprint density at radius 1 is 0.750 bits per heavy atom. The van der Waals surface area contributed by atoms with E-state index in [-0.39, 0.29) is 0 Å². The fourth-order valence-electron chi connectivity index (χ4n) is 5.55. The van der Waals surface area contributed by atoms with Crippen LogP contribution in [0.15, 0.2) is 0 Å². The summed E-state index contributed by atoms with van der Waals surface area (Å²) >= 11 is 0. The number of hydrogen-bond donors (Lipinski definition) is 0. The summed E-state index contributed by atoms with van der Waals surface area (Å²) in [6.07, 6.45) is 7.17. The van der Waals surface area contributed by atoms with Crippen LogP contribution < -0.4 is 0 Å². The zero-order chi connectivity index (χ0) is 14.5. The first kappa shape index (κ1) is 14.8. The molecule has 3 fully saturated rings. The van der Waals surface area contributed by atoms with Gasteiger partial charge in [0.2, 0.25) is 0 Å². The van der Waals surface area contributed by atoms with E-state index in [0.29, 0.717) is 5.54 Å². The normalized spacial score (nSPS) is 44.0. The van der Waals surface area contributed by atoms with Crippen LogP contribution in [0.4, 0.5) is 0 Å². The summed E-state index contributed by atoms with van der Waals surface area (Å²) in [5.74, 6) is 1.80. The largest absolute Gasteiger partial charge is 0.300 e. The van der Waals surface area contributed by atoms with Gasteiger partial charge in [0.15, 0.2) is 0 Å². The van der Waals surface area contributed by atoms with E-state index in [9.17, 15) is 0 Å². The molecule has 20 heavy (non-hydrogen) atoms. The number of likely N-dealkylation sites (tertiary alicyclic amines) is 1. The van der Waals surface area contributed by atoms with Crippen LogP contribution in [-0.2, 0) is 0 Å². The number of nitrogens with zero attached hydrogens (tertiary/aromatic N) is 2. The summed E-state index contributed by atoms with van der Waals surface area (Å²) in [6, 6.07) is 2.58. The summed E-state index contributed by atoms with van der Waals surface area (Å²) in [5.41, 5.74) is 0.360. The molecule has 3 heterocycles. The summed E-state index contributed by atoms with van der Waals surface area (Å²) in [7, 11) is 0. The first-order valence-corrected chi connectivity index (χ1v) is 8.87. The van der Waals surface area contributed by atoms with Crippen LogP contribution in [-0.4, -0.2) is 46.6 Å². The minimum atomic E-state index is 0.360. The smallest absolute Gasteiger partial charge is 0.0130 e. The molecule has 0 aromatic carbocycles. The van der Waals surface area contributed by atoms with Gasteiger partial charge in [-0.3, -0.25) is 9.80 Å². The van der Waals surface area contributed by atoms with E-state index in [0.717, 1.165) is 30.0 Å². The number of fused-ring (bicyclic) bond motifs is 2. The van der Waals surface area contributed by atoms with Gasteiger partial charge in [0.05, 0.1) is 0 Å². The van der Waals surface area contributed by atoms with Gasteiger partial charge in [-0.2, -0.15) is 0 Å². The standard InChI is InChI=1S/C18H34N2/c1-13-8-14(2)12-19(11-13)17-9-15-6-7-16(10-17)20(15)18(3,4)5/h13-17H,6-12H2,1-5H3. The Morgan fingerprint density at radius 3 is 1.70 bits per heavy atom. The molecule has 0 aromatic heterocycles. The van der Waals surface area contributed by atoms with Crippen molar-refractivity contribution in [1.29, 1.82) is 0 Å². The molecule has 0 N–H and O–H groups in total. The monoisotopic (exact) mass is 278 g/mol. The first-order valence-electron chi connectivity index (χ1n) is 8.87.